The first-order valence-corrected chi connectivity index (χ1v) is 15.0. The normalized spacial score (nSPS) is 13.6. The lowest BCUT2D eigenvalue weighted by Gasteiger charge is -2.18. The highest BCUT2D eigenvalue weighted by molar-refractivity contribution is 7.47. The number of likely N-dealkylation sites (N-methyl/N-ethyl adjacent to an activating group) is 1. The molecule has 1 amide bonds. The number of carbonyl (C=O) groups excluding carboxylic acids is 1. The van der Waals surface area contributed by atoms with E-state index in [9.17, 15) is 19.5 Å². The number of hydrogen-bond acceptors (Lipinski definition) is 8. The van der Waals surface area contributed by atoms with E-state index in [1.807, 2.05) is 43.3 Å². The van der Waals surface area contributed by atoms with Gasteiger partial charge in [0, 0.05) is 53.3 Å². The Morgan fingerprint density at radius 1 is 1.21 bits per heavy atom. The fraction of sp³-hybridized carbons (Fsp3) is 0.258. The average Bonchev–Trinajstić information content (AvgIpc) is 3.35. The van der Waals surface area contributed by atoms with Crippen LogP contribution in [0.1, 0.15) is 25.6 Å². The van der Waals surface area contributed by atoms with Gasteiger partial charge in [-0.3, -0.25) is 13.8 Å². The van der Waals surface area contributed by atoms with Gasteiger partial charge in [-0.25, -0.2) is 9.55 Å². The lowest BCUT2D eigenvalue weighted by atomic mass is 10.0. The van der Waals surface area contributed by atoms with E-state index in [4.69, 9.17) is 18.8 Å². The first kappa shape index (κ1) is 31.6. The molecule has 2 aromatic heterocycles. The Hall–Kier alpha value is -4.30. The van der Waals surface area contributed by atoms with Crippen LogP contribution < -0.4 is 10.1 Å². The molecule has 0 aliphatic carbocycles. The number of anilines is 1. The van der Waals surface area contributed by atoms with E-state index in [0.29, 0.717) is 34.6 Å². The van der Waals surface area contributed by atoms with Crippen molar-refractivity contribution in [1.82, 2.24) is 14.5 Å². The van der Waals surface area contributed by atoms with Gasteiger partial charge >= 0.3 is 7.82 Å². The lowest BCUT2D eigenvalue weighted by Crippen LogP contribution is -2.13. The van der Waals surface area contributed by atoms with Gasteiger partial charge in [0.05, 0.1) is 25.3 Å². The molecule has 0 saturated carbocycles. The Morgan fingerprint density at radius 2 is 2.00 bits per heavy atom. The van der Waals surface area contributed by atoms with Gasteiger partial charge in [0.2, 0.25) is 5.91 Å². The van der Waals surface area contributed by atoms with Crippen LogP contribution in [0, 0.1) is 11.3 Å². The largest absolute Gasteiger partial charge is 0.497 e. The molecule has 0 aliphatic rings. The van der Waals surface area contributed by atoms with E-state index in [2.05, 4.69) is 11.4 Å². The molecule has 4 aromatic rings. The van der Waals surface area contributed by atoms with E-state index in [-0.39, 0.29) is 12.5 Å². The van der Waals surface area contributed by atoms with Crippen LogP contribution in [0.2, 0.25) is 0 Å². The highest BCUT2D eigenvalue weighted by atomic mass is 31.2. The number of benzene rings is 2. The molecule has 2 atom stereocenters. The van der Waals surface area contributed by atoms with Gasteiger partial charge in [-0.15, -0.1) is 0 Å². The van der Waals surface area contributed by atoms with Crippen LogP contribution in [0.3, 0.4) is 0 Å². The second-order valence-corrected chi connectivity index (χ2v) is 11.3. The van der Waals surface area contributed by atoms with E-state index in [1.165, 1.54) is 6.08 Å². The molecule has 0 fully saturated rings. The van der Waals surface area contributed by atoms with E-state index in [1.54, 1.807) is 68.3 Å². The van der Waals surface area contributed by atoms with Crippen LogP contribution in [-0.4, -0.2) is 59.6 Å². The quantitative estimate of drug-likeness (QED) is 0.148. The van der Waals surface area contributed by atoms with Crippen molar-refractivity contribution in [3.63, 3.8) is 0 Å². The number of phosphoric acid groups is 1. The van der Waals surface area contributed by atoms with Crippen LogP contribution >= 0.6 is 7.82 Å². The molecule has 0 saturated heterocycles. The maximum Gasteiger partial charge on any atom is 0.474 e. The molecule has 4 rings (SSSR count). The van der Waals surface area contributed by atoms with E-state index >= 15 is 0 Å². The zero-order chi connectivity index (χ0) is 31.1. The lowest BCUT2D eigenvalue weighted by molar-refractivity contribution is -0.111. The number of nitriles is 1. The number of ether oxygens (including phenoxy) is 1. The predicted octanol–water partition coefficient (Wildman–Crippen LogP) is 5.98. The molecule has 224 valence electrons. The number of rotatable bonds is 12. The van der Waals surface area contributed by atoms with Crippen LogP contribution in [-0.2, 0) is 18.4 Å². The van der Waals surface area contributed by atoms with Crippen molar-refractivity contribution in [3.05, 3.63) is 78.6 Å². The molecular weight excluding hydrogens is 569 g/mol. The summed E-state index contributed by atoms with van der Waals surface area (Å²) in [4.78, 5) is 29.3. The highest BCUT2D eigenvalue weighted by Crippen LogP contribution is 2.47. The zero-order valence-corrected chi connectivity index (χ0v) is 25.5. The number of nitrogens with zero attached hydrogens (tertiary/aromatic N) is 4. The maximum absolute atomic E-state index is 12.5. The summed E-state index contributed by atoms with van der Waals surface area (Å²) in [5, 5.41) is 13.1. The molecule has 2 aromatic carbocycles. The smallest absolute Gasteiger partial charge is 0.474 e. The second kappa shape index (κ2) is 13.8. The zero-order valence-electron chi connectivity index (χ0n) is 24.6. The molecular formula is C31H34N5O6P. The standard InChI is InChI=1S/C31H34N5O6P/c1-6-41-43(38,39)42-21(2)36-20-29(23-10-7-9-22(13-23)18-32)28-16-25(19-33-31(28)36)24-14-26(17-27(15-24)40-5)34-30(37)11-8-12-35(3)4/h7-11,13-17,19-21H,6,12H2,1-5H3,(H,34,37)(H,38,39). The SMILES string of the molecule is CCOP(=O)(O)OC(C)n1cc(-c2cccc(C#N)c2)c2cc(-c3cc(NC(=O)C=CCN(C)C)cc(OC)c3)cnc21. The van der Waals surface area contributed by atoms with Crippen LogP contribution in [0.5, 0.6) is 5.75 Å². The number of pyridine rings is 1. The molecule has 11 nitrogen and oxygen atoms in total. The maximum atomic E-state index is 12.5. The molecule has 0 spiro atoms. The second-order valence-electron chi connectivity index (χ2n) is 9.93. The van der Waals surface area contributed by atoms with Gasteiger partial charge in [-0.1, -0.05) is 18.2 Å². The third-order valence-corrected chi connectivity index (χ3v) is 7.58. The highest BCUT2D eigenvalue weighted by Gasteiger charge is 2.26. The number of amides is 1. The Balaban J connectivity index is 1.80. The van der Waals surface area contributed by atoms with Gasteiger partial charge in [0.25, 0.3) is 0 Å². The molecule has 0 aliphatic heterocycles. The number of hydrogen-bond donors (Lipinski definition) is 2. The summed E-state index contributed by atoms with van der Waals surface area (Å²) in [5.41, 5.74) is 4.49. The van der Waals surface area contributed by atoms with Gasteiger partial charge in [0.1, 0.15) is 17.6 Å². The van der Waals surface area contributed by atoms with Crippen molar-refractivity contribution in [2.24, 2.45) is 0 Å². The Kier molecular flexibility index (Phi) is 10.1. The topological polar surface area (TPSA) is 139 Å². The number of phosphoric ester groups is 1. The molecule has 43 heavy (non-hydrogen) atoms. The minimum absolute atomic E-state index is 0.0100. The van der Waals surface area contributed by atoms with E-state index < -0.39 is 14.1 Å². The van der Waals surface area contributed by atoms with Crippen molar-refractivity contribution >= 4 is 30.5 Å². The van der Waals surface area contributed by atoms with Gasteiger partial charge in [-0.05, 0) is 69.4 Å². The summed E-state index contributed by atoms with van der Waals surface area (Å²) < 4.78 is 29.8. The van der Waals surface area contributed by atoms with Crippen molar-refractivity contribution < 1.29 is 28.0 Å². The number of aromatic nitrogens is 2. The molecule has 2 unspecified atom stereocenters. The summed E-state index contributed by atoms with van der Waals surface area (Å²) >= 11 is 0. The van der Waals surface area contributed by atoms with Gasteiger partial charge in [0.15, 0.2) is 0 Å². The van der Waals surface area contributed by atoms with Crippen LogP contribution in [0.4, 0.5) is 5.69 Å². The fourth-order valence-electron chi connectivity index (χ4n) is 4.50. The number of methoxy groups -OCH3 is 1. The third-order valence-electron chi connectivity index (χ3n) is 6.42. The van der Waals surface area contributed by atoms with Crippen LogP contribution in [0.15, 0.2) is 73.1 Å². The summed E-state index contributed by atoms with van der Waals surface area (Å²) in [6.45, 7) is 3.86. The van der Waals surface area contributed by atoms with Crippen molar-refractivity contribution in [3.8, 4) is 34.1 Å². The molecule has 2 heterocycles. The Labute approximate surface area is 250 Å². The van der Waals surface area contributed by atoms with Gasteiger partial charge in [-0.2, -0.15) is 5.26 Å². The van der Waals surface area contributed by atoms with Crippen LogP contribution in [0.25, 0.3) is 33.3 Å². The monoisotopic (exact) mass is 603 g/mol. The first-order chi connectivity index (χ1) is 20.5. The predicted molar refractivity (Wildman–Crippen MR) is 165 cm³/mol. The minimum Gasteiger partial charge on any atom is -0.497 e. The van der Waals surface area contributed by atoms with Gasteiger partial charge < -0.3 is 24.4 Å². The minimum atomic E-state index is -4.31. The number of nitrogens with one attached hydrogen (secondary N) is 1. The molecule has 0 radical (unpaired) electrons. The summed E-state index contributed by atoms with van der Waals surface area (Å²) in [7, 11) is 1.07. The number of carbonyl (C=O) groups is 1. The van der Waals surface area contributed by atoms with Crippen molar-refractivity contribution in [2.75, 3.05) is 39.7 Å². The average molecular weight is 604 g/mol. The summed E-state index contributed by atoms with van der Waals surface area (Å²) in [5.74, 6) is 0.273. The molecule has 0 bridgehead atoms. The fourth-order valence-corrected chi connectivity index (χ4v) is 5.37. The first-order valence-electron chi connectivity index (χ1n) is 13.5. The van der Waals surface area contributed by atoms with Crippen molar-refractivity contribution in [1.29, 1.82) is 5.26 Å². The Bertz CT molecular complexity index is 1740. The van der Waals surface area contributed by atoms with Crippen molar-refractivity contribution in [2.45, 2.75) is 20.1 Å². The summed E-state index contributed by atoms with van der Waals surface area (Å²) in [6, 6.07) is 16.6. The molecule has 2 N–H and O–H groups in total. The Morgan fingerprint density at radius 3 is 2.70 bits per heavy atom. The number of fused-ring (bicyclic) bond motifs is 1. The van der Waals surface area contributed by atoms with E-state index in [0.717, 1.165) is 22.3 Å². The third kappa shape index (κ3) is 7.96. The molecule has 12 heteroatoms. The summed E-state index contributed by atoms with van der Waals surface area (Å²) in [6.07, 6.45) is 5.79.